The maximum Gasteiger partial charge on any atom is 0.318 e. The minimum atomic E-state index is -0.364. The lowest BCUT2D eigenvalue weighted by Gasteiger charge is -2.27. The number of ketones is 1. The summed E-state index contributed by atoms with van der Waals surface area (Å²) in [6, 6.07) is 10.8. The van der Waals surface area contributed by atoms with E-state index in [2.05, 4.69) is 38.4 Å². The fourth-order valence-corrected chi connectivity index (χ4v) is 6.02. The monoisotopic (exact) mass is 583 g/mol. The van der Waals surface area contributed by atoms with Crippen LogP contribution in [0, 0.1) is 13.8 Å². The zero-order valence-electron chi connectivity index (χ0n) is 25.2. The van der Waals surface area contributed by atoms with E-state index in [1.165, 1.54) is 7.05 Å². The van der Waals surface area contributed by atoms with Crippen molar-refractivity contribution in [1.82, 2.24) is 29.9 Å². The van der Waals surface area contributed by atoms with Crippen molar-refractivity contribution in [2.75, 3.05) is 52.2 Å². The van der Waals surface area contributed by atoms with Crippen molar-refractivity contribution >= 4 is 34.5 Å². The van der Waals surface area contributed by atoms with Crippen LogP contribution in [0.2, 0.25) is 0 Å². The number of methoxy groups -OCH3 is 1. The fourth-order valence-electron chi connectivity index (χ4n) is 6.02. The molecule has 0 saturated carbocycles. The van der Waals surface area contributed by atoms with Crippen LogP contribution in [-0.2, 0) is 13.6 Å². The second-order valence-corrected chi connectivity index (χ2v) is 10.9. The molecule has 2 aromatic heterocycles. The van der Waals surface area contributed by atoms with E-state index in [1.54, 1.807) is 25.3 Å². The molecule has 2 amide bonds. The molecule has 11 heteroatoms. The van der Waals surface area contributed by atoms with Gasteiger partial charge in [0.1, 0.15) is 11.5 Å². The first-order valence-corrected chi connectivity index (χ1v) is 14.5. The Morgan fingerprint density at radius 2 is 1.93 bits per heavy atom. The normalized spacial score (nSPS) is 16.0. The van der Waals surface area contributed by atoms with Crippen LogP contribution in [0.25, 0.3) is 28.2 Å². The number of amides is 2. The lowest BCUT2D eigenvalue weighted by molar-refractivity contribution is 0.101. The number of rotatable bonds is 7. The molecule has 1 fully saturated rings. The summed E-state index contributed by atoms with van der Waals surface area (Å²) in [5, 5.41) is 14.4. The van der Waals surface area contributed by atoms with E-state index in [0.717, 1.165) is 84.1 Å². The number of nitrogens with one attached hydrogen (secondary N) is 3. The molecule has 0 aliphatic carbocycles. The summed E-state index contributed by atoms with van der Waals surface area (Å²) in [4.78, 5) is 28.0. The van der Waals surface area contributed by atoms with E-state index < -0.39 is 0 Å². The molecule has 1 saturated heterocycles. The average molecular weight is 584 g/mol. The van der Waals surface area contributed by atoms with Crippen LogP contribution < -0.4 is 25.4 Å². The third-order valence-electron chi connectivity index (χ3n) is 8.33. The molecule has 11 nitrogen and oxygen atoms in total. The zero-order valence-corrected chi connectivity index (χ0v) is 25.2. The molecule has 0 atom stereocenters. The number of Topliss-reactive ketones (excluding diaryl/α,β-unsaturated/α-hetero) is 1. The molecular formula is C32H37N7O4. The molecule has 2 aromatic carbocycles. The Balaban J connectivity index is 1.51. The van der Waals surface area contributed by atoms with Crippen molar-refractivity contribution in [3.8, 4) is 22.8 Å². The number of hydrogen-bond donors (Lipinski definition) is 3. The van der Waals surface area contributed by atoms with Gasteiger partial charge in [-0.1, -0.05) is 0 Å². The first-order valence-electron chi connectivity index (χ1n) is 14.5. The predicted molar refractivity (Wildman–Crippen MR) is 167 cm³/mol. The van der Waals surface area contributed by atoms with Crippen LogP contribution >= 0.6 is 0 Å². The largest absolute Gasteiger partial charge is 0.497 e. The number of aromatic nitrogens is 3. The van der Waals surface area contributed by atoms with Crippen LogP contribution in [0.4, 0.5) is 10.5 Å². The quantitative estimate of drug-likeness (QED) is 0.283. The van der Waals surface area contributed by atoms with Crippen molar-refractivity contribution in [2.45, 2.75) is 20.4 Å². The Morgan fingerprint density at radius 1 is 1.14 bits per heavy atom. The summed E-state index contributed by atoms with van der Waals surface area (Å²) >= 11 is 0. The summed E-state index contributed by atoms with van der Waals surface area (Å²) in [5.74, 6) is 1.15. The van der Waals surface area contributed by atoms with Gasteiger partial charge in [0, 0.05) is 86.8 Å². The van der Waals surface area contributed by atoms with E-state index in [4.69, 9.17) is 14.6 Å². The Morgan fingerprint density at radius 3 is 2.63 bits per heavy atom. The van der Waals surface area contributed by atoms with Gasteiger partial charge in [0.2, 0.25) is 5.78 Å². The van der Waals surface area contributed by atoms with Crippen LogP contribution in [-0.4, -0.2) is 77.9 Å². The summed E-state index contributed by atoms with van der Waals surface area (Å²) in [5.41, 5.74) is 6.78. The molecule has 4 aromatic rings. The molecule has 0 spiro atoms. The third-order valence-corrected chi connectivity index (χ3v) is 8.33. The molecule has 0 bridgehead atoms. The lowest BCUT2D eigenvalue weighted by Crippen LogP contribution is -2.44. The highest BCUT2D eigenvalue weighted by molar-refractivity contribution is 6.16. The van der Waals surface area contributed by atoms with Crippen LogP contribution in [0.1, 0.15) is 27.3 Å². The maximum absolute atomic E-state index is 13.7. The Bertz CT molecular complexity index is 1760. The molecule has 2 aliphatic rings. The zero-order chi connectivity index (χ0) is 30.2. The van der Waals surface area contributed by atoms with E-state index in [9.17, 15) is 9.59 Å². The van der Waals surface area contributed by atoms with Crippen molar-refractivity contribution < 1.29 is 19.1 Å². The van der Waals surface area contributed by atoms with Gasteiger partial charge in [0.25, 0.3) is 0 Å². The first-order chi connectivity index (χ1) is 20.8. The number of anilines is 1. The standard InChI is InChI=1S/C32H37N7O4/c1-19-29(20(2)37(4)36-19)30-24(18-28-31(40)25-16-21(35-32(41)33-3)6-9-27(25)43-28)23-17-22(42-5)7-8-26(23)39(30)15-14-38-12-10-34-11-13-38/h6-9,16-18,34H,10-15H2,1-5H3,(H2,33,35,41). The van der Waals surface area contributed by atoms with Crippen LogP contribution in [0.3, 0.4) is 0 Å². The minimum Gasteiger partial charge on any atom is -0.497 e. The SMILES string of the molecule is CNC(=O)Nc1ccc2c(c1)C(=O)C(=Cc1c(-c3c(C)nn(C)c3C)n(CCN3CCNCC3)c3ccc(OC)cc13)O2. The molecule has 224 valence electrons. The number of benzene rings is 2. The highest BCUT2D eigenvalue weighted by atomic mass is 16.5. The van der Waals surface area contributed by atoms with Crippen molar-refractivity contribution in [3.63, 3.8) is 0 Å². The topological polar surface area (TPSA) is 115 Å². The number of carbonyl (C=O) groups excluding carboxylic acids is 2. The molecule has 43 heavy (non-hydrogen) atoms. The Kier molecular flexibility index (Phi) is 7.68. The number of aryl methyl sites for hydroxylation is 2. The number of fused-ring (bicyclic) bond motifs is 2. The fraction of sp³-hybridized carbons (Fsp3) is 0.344. The van der Waals surface area contributed by atoms with Gasteiger partial charge >= 0.3 is 6.03 Å². The number of nitrogens with zero attached hydrogens (tertiary/aromatic N) is 4. The molecule has 0 unspecified atom stereocenters. The van der Waals surface area contributed by atoms with Crippen LogP contribution in [0.5, 0.6) is 11.5 Å². The Labute approximate surface area is 250 Å². The lowest BCUT2D eigenvalue weighted by atomic mass is 10.0. The summed E-state index contributed by atoms with van der Waals surface area (Å²) in [7, 11) is 5.14. The van der Waals surface area contributed by atoms with E-state index in [0.29, 0.717) is 17.0 Å². The summed E-state index contributed by atoms with van der Waals surface area (Å²) < 4.78 is 16.0. The van der Waals surface area contributed by atoms with Crippen LogP contribution in [0.15, 0.2) is 42.2 Å². The third kappa shape index (κ3) is 5.26. The molecule has 3 N–H and O–H groups in total. The summed E-state index contributed by atoms with van der Waals surface area (Å²) in [6.07, 6.45) is 1.85. The number of piperazine rings is 1. The molecule has 2 aliphatic heterocycles. The van der Waals surface area contributed by atoms with Gasteiger partial charge in [-0.2, -0.15) is 5.10 Å². The number of allylic oxidation sites excluding steroid dienone is 1. The van der Waals surface area contributed by atoms with Crippen molar-refractivity contribution in [2.24, 2.45) is 7.05 Å². The number of hydrogen-bond acceptors (Lipinski definition) is 7. The van der Waals surface area contributed by atoms with Crippen molar-refractivity contribution in [3.05, 3.63) is 64.7 Å². The molecule has 0 radical (unpaired) electrons. The van der Waals surface area contributed by atoms with E-state index in [-0.39, 0.29) is 17.6 Å². The molecule has 4 heterocycles. The van der Waals surface area contributed by atoms with Gasteiger partial charge in [-0.15, -0.1) is 0 Å². The van der Waals surface area contributed by atoms with Gasteiger partial charge < -0.3 is 30.0 Å². The van der Waals surface area contributed by atoms with E-state index in [1.807, 2.05) is 36.9 Å². The highest BCUT2D eigenvalue weighted by Gasteiger charge is 2.30. The van der Waals surface area contributed by atoms with E-state index >= 15 is 0 Å². The van der Waals surface area contributed by atoms with Gasteiger partial charge in [-0.05, 0) is 56.3 Å². The number of carbonyl (C=O) groups is 2. The predicted octanol–water partition coefficient (Wildman–Crippen LogP) is 3.94. The second-order valence-electron chi connectivity index (χ2n) is 10.9. The Hall–Kier alpha value is -4.61. The molecular weight excluding hydrogens is 546 g/mol. The first kappa shape index (κ1) is 28.5. The maximum atomic E-state index is 13.7. The minimum absolute atomic E-state index is 0.219. The van der Waals surface area contributed by atoms with Gasteiger partial charge in [0.05, 0.1) is 24.1 Å². The van der Waals surface area contributed by atoms with Gasteiger partial charge in [-0.25, -0.2) is 4.79 Å². The second kappa shape index (κ2) is 11.6. The van der Waals surface area contributed by atoms with Gasteiger partial charge in [-0.3, -0.25) is 14.4 Å². The summed E-state index contributed by atoms with van der Waals surface area (Å²) in [6.45, 7) is 9.71. The average Bonchev–Trinajstić information content (AvgIpc) is 3.58. The number of ether oxygens (including phenoxy) is 2. The van der Waals surface area contributed by atoms with Gasteiger partial charge in [0.15, 0.2) is 5.76 Å². The highest BCUT2D eigenvalue weighted by Crippen LogP contribution is 2.41. The number of urea groups is 1. The van der Waals surface area contributed by atoms with Crippen molar-refractivity contribution in [1.29, 1.82) is 0 Å². The smallest absolute Gasteiger partial charge is 0.318 e. The molecule has 6 rings (SSSR count).